The molecule has 2 aromatic heterocycles. The zero-order valence-electron chi connectivity index (χ0n) is 15.0. The third-order valence-corrected chi connectivity index (χ3v) is 5.24. The van der Waals surface area contributed by atoms with Gasteiger partial charge in [0.2, 0.25) is 4.96 Å². The molecule has 0 saturated carbocycles. The summed E-state index contributed by atoms with van der Waals surface area (Å²) >= 11 is 1.45. The van der Waals surface area contributed by atoms with E-state index in [-0.39, 0.29) is 6.10 Å². The number of methoxy groups -OCH3 is 1. The number of ether oxygens (including phenoxy) is 3. The molecule has 7 nitrogen and oxygen atoms in total. The monoisotopic (exact) mass is 392 g/mol. The van der Waals surface area contributed by atoms with E-state index in [4.69, 9.17) is 14.2 Å². The van der Waals surface area contributed by atoms with Gasteiger partial charge in [0.05, 0.1) is 7.11 Å². The van der Waals surface area contributed by atoms with E-state index in [1.54, 1.807) is 11.6 Å². The van der Waals surface area contributed by atoms with Crippen LogP contribution in [0.15, 0.2) is 48.5 Å². The highest BCUT2D eigenvalue weighted by atomic mass is 32.1. The van der Waals surface area contributed by atoms with E-state index in [9.17, 15) is 0 Å². The molecule has 0 amide bonds. The Morgan fingerprint density at radius 1 is 1.07 bits per heavy atom. The minimum Gasteiger partial charge on any atom is -0.496 e. The molecule has 3 heterocycles. The number of fused-ring (bicyclic) bond motifs is 2. The fraction of sp³-hybridized carbons (Fsp3) is 0.150. The maximum atomic E-state index is 6.03. The van der Waals surface area contributed by atoms with E-state index in [0.29, 0.717) is 23.1 Å². The van der Waals surface area contributed by atoms with Crippen molar-refractivity contribution in [2.24, 2.45) is 0 Å². The molecule has 0 saturated heterocycles. The highest BCUT2D eigenvalue weighted by Crippen LogP contribution is 2.35. The van der Waals surface area contributed by atoms with Gasteiger partial charge in [0.15, 0.2) is 23.4 Å². The van der Waals surface area contributed by atoms with Gasteiger partial charge in [-0.15, -0.1) is 10.2 Å². The molecule has 0 N–H and O–H groups in total. The van der Waals surface area contributed by atoms with Gasteiger partial charge in [0.1, 0.15) is 17.4 Å². The average Bonchev–Trinajstić information content (AvgIpc) is 3.32. The summed E-state index contributed by atoms with van der Waals surface area (Å²) in [6, 6.07) is 15.4. The number of para-hydroxylation sites is 3. The number of nitrogens with zero attached hydrogens (tertiary/aromatic N) is 4. The summed E-state index contributed by atoms with van der Waals surface area (Å²) in [6.45, 7) is 0.363. The minimum atomic E-state index is -0.363. The lowest BCUT2D eigenvalue weighted by atomic mass is 10.2. The second kappa shape index (κ2) is 6.97. The van der Waals surface area contributed by atoms with Gasteiger partial charge in [-0.25, -0.2) is 0 Å². The smallest absolute Gasteiger partial charge is 0.235 e. The highest BCUT2D eigenvalue weighted by molar-refractivity contribution is 7.17. The summed E-state index contributed by atoms with van der Waals surface area (Å²) in [5.74, 6) is 2.87. The Balaban J connectivity index is 1.43. The van der Waals surface area contributed by atoms with Gasteiger partial charge in [-0.1, -0.05) is 41.7 Å². The standard InChI is InChI=1S/C20H16N4O3S/c1-25-14-7-3-2-6-13(14)10-11-18-23-24-19(21-22-20(24)28-18)17-12-26-15-8-4-5-9-16(15)27-17/h2-11,17H,12H2,1H3/b11-10-/t17-/m1/s1. The molecule has 5 rings (SSSR count). The first-order valence-corrected chi connectivity index (χ1v) is 9.55. The van der Waals surface area contributed by atoms with Gasteiger partial charge in [-0.3, -0.25) is 0 Å². The van der Waals surface area contributed by atoms with Gasteiger partial charge in [-0.05, 0) is 30.4 Å². The Hall–Kier alpha value is -3.39. The van der Waals surface area contributed by atoms with E-state index in [0.717, 1.165) is 22.1 Å². The summed E-state index contributed by atoms with van der Waals surface area (Å²) in [4.78, 5) is 0.706. The van der Waals surface area contributed by atoms with Crippen LogP contribution in [0.2, 0.25) is 0 Å². The molecule has 0 bridgehead atoms. The molecule has 0 radical (unpaired) electrons. The summed E-state index contributed by atoms with van der Waals surface area (Å²) in [6.07, 6.45) is 3.55. The summed E-state index contributed by atoms with van der Waals surface area (Å²) < 4.78 is 18.9. The van der Waals surface area contributed by atoms with Gasteiger partial charge in [0, 0.05) is 5.56 Å². The molecular formula is C20H16N4O3S. The number of benzene rings is 2. The van der Waals surface area contributed by atoms with Crippen molar-refractivity contribution in [3.05, 3.63) is 64.9 Å². The molecule has 2 aromatic carbocycles. The molecule has 28 heavy (non-hydrogen) atoms. The van der Waals surface area contributed by atoms with Crippen LogP contribution in [0.1, 0.15) is 22.5 Å². The van der Waals surface area contributed by atoms with Crippen molar-refractivity contribution in [2.45, 2.75) is 6.10 Å². The molecule has 1 aliphatic rings. The van der Waals surface area contributed by atoms with Crippen LogP contribution in [-0.4, -0.2) is 33.5 Å². The van der Waals surface area contributed by atoms with Crippen molar-refractivity contribution in [3.8, 4) is 17.2 Å². The first kappa shape index (κ1) is 16.8. The van der Waals surface area contributed by atoms with E-state index in [1.165, 1.54) is 11.3 Å². The van der Waals surface area contributed by atoms with Crippen LogP contribution in [0.5, 0.6) is 17.2 Å². The summed E-state index contributed by atoms with van der Waals surface area (Å²) in [5, 5.41) is 13.9. The van der Waals surface area contributed by atoms with Crippen LogP contribution >= 0.6 is 11.3 Å². The van der Waals surface area contributed by atoms with Crippen LogP contribution in [0, 0.1) is 0 Å². The molecular weight excluding hydrogens is 376 g/mol. The quantitative estimate of drug-likeness (QED) is 0.525. The van der Waals surface area contributed by atoms with Gasteiger partial charge >= 0.3 is 0 Å². The summed E-state index contributed by atoms with van der Waals surface area (Å²) in [5.41, 5.74) is 0.983. The molecule has 0 spiro atoms. The first-order valence-electron chi connectivity index (χ1n) is 8.73. The fourth-order valence-corrected chi connectivity index (χ4v) is 3.78. The predicted octanol–water partition coefficient (Wildman–Crippen LogP) is 3.88. The normalized spacial score (nSPS) is 16.0. The third-order valence-electron chi connectivity index (χ3n) is 4.37. The lowest BCUT2D eigenvalue weighted by molar-refractivity contribution is 0.0836. The Bertz CT molecular complexity index is 1170. The van der Waals surface area contributed by atoms with Crippen LogP contribution in [0.4, 0.5) is 0 Å². The van der Waals surface area contributed by atoms with Crippen LogP contribution < -0.4 is 14.2 Å². The van der Waals surface area contributed by atoms with Gasteiger partial charge < -0.3 is 14.2 Å². The van der Waals surface area contributed by atoms with Crippen LogP contribution in [-0.2, 0) is 0 Å². The molecule has 140 valence electrons. The van der Waals surface area contributed by atoms with Crippen molar-refractivity contribution in [1.29, 1.82) is 0 Å². The molecule has 1 aliphatic heterocycles. The molecule has 4 aromatic rings. The van der Waals surface area contributed by atoms with Gasteiger partial charge in [0.25, 0.3) is 0 Å². The second-order valence-electron chi connectivity index (χ2n) is 6.13. The molecule has 0 fully saturated rings. The Morgan fingerprint density at radius 3 is 2.79 bits per heavy atom. The second-order valence-corrected chi connectivity index (χ2v) is 7.12. The van der Waals surface area contributed by atoms with E-state index >= 15 is 0 Å². The van der Waals surface area contributed by atoms with Crippen molar-refractivity contribution >= 4 is 28.4 Å². The molecule has 1 atom stereocenters. The molecule has 0 unspecified atom stereocenters. The van der Waals surface area contributed by atoms with Crippen molar-refractivity contribution in [2.75, 3.05) is 13.7 Å². The maximum absolute atomic E-state index is 6.03. The van der Waals surface area contributed by atoms with Gasteiger partial charge in [-0.2, -0.15) is 9.61 Å². The van der Waals surface area contributed by atoms with E-state index in [2.05, 4.69) is 15.3 Å². The average molecular weight is 392 g/mol. The lowest BCUT2D eigenvalue weighted by Crippen LogP contribution is -2.23. The van der Waals surface area contributed by atoms with E-state index in [1.807, 2.05) is 60.7 Å². The Kier molecular flexibility index (Phi) is 4.17. The number of aromatic nitrogens is 4. The Morgan fingerprint density at radius 2 is 1.89 bits per heavy atom. The lowest BCUT2D eigenvalue weighted by Gasteiger charge is -2.24. The minimum absolute atomic E-state index is 0.363. The molecule has 0 aliphatic carbocycles. The van der Waals surface area contributed by atoms with Crippen molar-refractivity contribution in [1.82, 2.24) is 19.8 Å². The van der Waals surface area contributed by atoms with Crippen molar-refractivity contribution < 1.29 is 14.2 Å². The summed E-state index contributed by atoms with van der Waals surface area (Å²) in [7, 11) is 1.66. The van der Waals surface area contributed by atoms with E-state index < -0.39 is 0 Å². The maximum Gasteiger partial charge on any atom is 0.235 e. The zero-order chi connectivity index (χ0) is 18.9. The molecule has 8 heteroatoms. The zero-order valence-corrected chi connectivity index (χ0v) is 15.8. The SMILES string of the molecule is COc1ccccc1/C=C\c1nn2c([C@H]3COc4ccccc4O3)nnc2s1. The number of hydrogen-bond donors (Lipinski definition) is 0. The number of rotatable bonds is 4. The van der Waals surface area contributed by atoms with Crippen LogP contribution in [0.25, 0.3) is 17.1 Å². The first-order chi connectivity index (χ1) is 13.8. The largest absolute Gasteiger partial charge is 0.496 e. The third kappa shape index (κ3) is 2.97. The highest BCUT2D eigenvalue weighted by Gasteiger charge is 2.28. The number of hydrogen-bond acceptors (Lipinski definition) is 7. The predicted molar refractivity (Wildman–Crippen MR) is 106 cm³/mol. The fourth-order valence-electron chi connectivity index (χ4n) is 3.03. The van der Waals surface area contributed by atoms with Crippen molar-refractivity contribution in [3.63, 3.8) is 0 Å². The van der Waals surface area contributed by atoms with Crippen LogP contribution in [0.3, 0.4) is 0 Å². The topological polar surface area (TPSA) is 70.8 Å². The Labute approximate surface area is 164 Å².